The third kappa shape index (κ3) is 1.88. The van der Waals surface area contributed by atoms with Gasteiger partial charge >= 0.3 is 0 Å². The molecule has 18 heavy (non-hydrogen) atoms. The van der Waals surface area contributed by atoms with E-state index in [1.807, 2.05) is 0 Å². The predicted molar refractivity (Wildman–Crippen MR) is 63.0 cm³/mol. The molecule has 7 heteroatoms. The van der Waals surface area contributed by atoms with E-state index < -0.39 is 15.6 Å². The molecule has 2 aliphatic rings. The molecule has 0 saturated carbocycles. The molecule has 98 valence electrons. The molecule has 1 fully saturated rings. The molecule has 1 N–H and O–H groups in total. The lowest BCUT2D eigenvalue weighted by molar-refractivity contribution is 0.0502. The van der Waals surface area contributed by atoms with Crippen LogP contribution >= 0.6 is 0 Å². The lowest BCUT2D eigenvalue weighted by Crippen LogP contribution is -2.45. The van der Waals surface area contributed by atoms with Crippen molar-refractivity contribution in [2.75, 3.05) is 19.8 Å². The summed E-state index contributed by atoms with van der Waals surface area (Å²) in [7, 11) is -3.56. The van der Waals surface area contributed by atoms with Crippen LogP contribution in [0.4, 0.5) is 0 Å². The molecule has 6 nitrogen and oxygen atoms in total. The maximum Gasteiger partial charge on any atom is 0.246 e. The van der Waals surface area contributed by atoms with Gasteiger partial charge in [-0.1, -0.05) is 0 Å². The summed E-state index contributed by atoms with van der Waals surface area (Å²) < 4.78 is 37.9. The van der Waals surface area contributed by atoms with Crippen LogP contribution in [0.1, 0.15) is 12.0 Å². The molecular formula is C11H14N2O4S. The monoisotopic (exact) mass is 270 g/mol. The maximum absolute atomic E-state index is 12.1. The van der Waals surface area contributed by atoms with E-state index in [0.717, 1.165) is 5.56 Å². The summed E-state index contributed by atoms with van der Waals surface area (Å²) in [6.07, 6.45) is 2.26. The Labute approximate surface area is 105 Å². The first-order chi connectivity index (χ1) is 8.51. The lowest BCUT2D eigenvalue weighted by atomic mass is 10.0. The highest BCUT2D eigenvalue weighted by atomic mass is 32.2. The van der Waals surface area contributed by atoms with Crippen molar-refractivity contribution in [1.29, 1.82) is 0 Å². The molecule has 0 radical (unpaired) electrons. The maximum atomic E-state index is 12.1. The van der Waals surface area contributed by atoms with Gasteiger partial charge in [-0.25, -0.2) is 18.1 Å². The van der Waals surface area contributed by atoms with E-state index in [9.17, 15) is 8.42 Å². The van der Waals surface area contributed by atoms with Crippen LogP contribution in [0.2, 0.25) is 0 Å². The van der Waals surface area contributed by atoms with Crippen LogP contribution < -0.4 is 9.46 Å². The summed E-state index contributed by atoms with van der Waals surface area (Å²) in [5, 5.41) is 0. The summed E-state index contributed by atoms with van der Waals surface area (Å²) in [5.74, 6) is 0.163. The summed E-state index contributed by atoms with van der Waals surface area (Å²) in [4.78, 5) is 4.20. The number of fused-ring (bicyclic) bond motifs is 1. The number of nitrogens with one attached hydrogen (secondary N) is 1. The van der Waals surface area contributed by atoms with Crippen LogP contribution in [0, 0.1) is 6.92 Å². The number of nitrogens with zero attached hydrogens (tertiary/aromatic N) is 1. The minimum Gasteiger partial charge on any atom is -0.466 e. The van der Waals surface area contributed by atoms with Gasteiger partial charge in [-0.15, -0.1) is 0 Å². The highest BCUT2D eigenvalue weighted by Gasteiger charge is 2.42. The van der Waals surface area contributed by atoms with Gasteiger partial charge in [0.05, 0.1) is 19.8 Å². The first-order valence-electron chi connectivity index (χ1n) is 5.74. The molecule has 1 saturated heterocycles. The molecule has 1 aromatic heterocycles. The Morgan fingerprint density at radius 3 is 3.06 bits per heavy atom. The van der Waals surface area contributed by atoms with Crippen molar-refractivity contribution in [3.8, 4) is 5.88 Å². The summed E-state index contributed by atoms with van der Waals surface area (Å²) in [5.41, 5.74) is 0.155. The van der Waals surface area contributed by atoms with Crippen LogP contribution in [-0.2, 0) is 14.8 Å². The Hall–Kier alpha value is -1.18. The summed E-state index contributed by atoms with van der Waals surface area (Å²) >= 11 is 0. The van der Waals surface area contributed by atoms with Crippen molar-refractivity contribution in [3.63, 3.8) is 0 Å². The van der Waals surface area contributed by atoms with Crippen molar-refractivity contribution in [1.82, 2.24) is 9.71 Å². The van der Waals surface area contributed by atoms with Gasteiger partial charge in [-0.2, -0.15) is 0 Å². The molecule has 0 unspecified atom stereocenters. The fourth-order valence-electron chi connectivity index (χ4n) is 2.15. The standard InChI is InChI=1S/C11H14N2O4S/c1-8-4-9-10(12-5-8)17-11(2-3-16-7-11)6-13-18(9,14)15/h4-5,13H,2-3,6-7H2,1H3/t11-/m1/s1. The first-order valence-corrected chi connectivity index (χ1v) is 7.22. The number of pyridine rings is 1. The zero-order chi connectivity index (χ0) is 12.8. The second kappa shape index (κ2) is 3.91. The third-order valence-electron chi connectivity index (χ3n) is 3.21. The number of sulfonamides is 1. The van der Waals surface area contributed by atoms with Crippen molar-refractivity contribution in [2.24, 2.45) is 0 Å². The molecule has 1 spiro atoms. The van der Waals surface area contributed by atoms with E-state index >= 15 is 0 Å². The number of aromatic nitrogens is 1. The zero-order valence-corrected chi connectivity index (χ0v) is 10.8. The Kier molecular flexibility index (Phi) is 2.58. The highest BCUT2D eigenvalue weighted by molar-refractivity contribution is 7.89. The van der Waals surface area contributed by atoms with Crippen LogP contribution in [0.25, 0.3) is 0 Å². The second-order valence-electron chi connectivity index (χ2n) is 4.73. The molecule has 0 aliphatic carbocycles. The zero-order valence-electron chi connectivity index (χ0n) is 9.97. The quantitative estimate of drug-likeness (QED) is 0.729. The van der Waals surface area contributed by atoms with Gasteiger partial charge in [0.25, 0.3) is 0 Å². The number of ether oxygens (including phenoxy) is 2. The third-order valence-corrected chi connectivity index (χ3v) is 4.61. The molecule has 0 amide bonds. The Morgan fingerprint density at radius 2 is 2.33 bits per heavy atom. The Morgan fingerprint density at radius 1 is 1.50 bits per heavy atom. The van der Waals surface area contributed by atoms with Crippen molar-refractivity contribution in [3.05, 3.63) is 17.8 Å². The van der Waals surface area contributed by atoms with Gasteiger partial charge in [0.2, 0.25) is 15.9 Å². The number of rotatable bonds is 0. The van der Waals surface area contributed by atoms with Gasteiger partial charge < -0.3 is 9.47 Å². The van der Waals surface area contributed by atoms with Crippen LogP contribution in [0.15, 0.2) is 17.2 Å². The van der Waals surface area contributed by atoms with E-state index in [1.165, 1.54) is 0 Å². The highest BCUT2D eigenvalue weighted by Crippen LogP contribution is 2.32. The van der Waals surface area contributed by atoms with Crippen molar-refractivity contribution >= 4 is 10.0 Å². The smallest absolute Gasteiger partial charge is 0.246 e. The van der Waals surface area contributed by atoms with Gasteiger partial charge in [-0.3, -0.25) is 0 Å². The minimum absolute atomic E-state index is 0.103. The average Bonchev–Trinajstić information content (AvgIpc) is 2.74. The average molecular weight is 270 g/mol. The molecule has 0 bridgehead atoms. The molecule has 2 aliphatic heterocycles. The topological polar surface area (TPSA) is 77.5 Å². The normalized spacial score (nSPS) is 29.6. The van der Waals surface area contributed by atoms with E-state index in [1.54, 1.807) is 19.2 Å². The summed E-state index contributed by atoms with van der Waals surface area (Å²) in [6, 6.07) is 1.57. The van der Waals surface area contributed by atoms with Crippen LogP contribution in [0.5, 0.6) is 5.88 Å². The first kappa shape index (κ1) is 11.9. The molecule has 0 aromatic carbocycles. The number of aryl methyl sites for hydroxylation is 1. The van der Waals surface area contributed by atoms with Crippen molar-refractivity contribution in [2.45, 2.75) is 23.8 Å². The second-order valence-corrected chi connectivity index (χ2v) is 6.46. The van der Waals surface area contributed by atoms with Crippen molar-refractivity contribution < 1.29 is 17.9 Å². The van der Waals surface area contributed by atoms with E-state index in [4.69, 9.17) is 9.47 Å². The van der Waals surface area contributed by atoms with E-state index in [0.29, 0.717) is 19.6 Å². The number of hydrogen-bond acceptors (Lipinski definition) is 5. The predicted octanol–water partition coefficient (Wildman–Crippen LogP) is 0.220. The molecular weight excluding hydrogens is 256 g/mol. The van der Waals surface area contributed by atoms with Gasteiger partial charge in [-0.05, 0) is 18.6 Å². The molecule has 1 atom stereocenters. The molecule has 1 aromatic rings. The SMILES string of the molecule is Cc1cnc2c(c1)S(=O)(=O)NC[C@@]1(CCOC1)O2. The Balaban J connectivity index is 2.11. The largest absolute Gasteiger partial charge is 0.466 e. The molecule has 3 heterocycles. The van der Waals surface area contributed by atoms with Gasteiger partial charge in [0.1, 0.15) is 10.5 Å². The lowest BCUT2D eigenvalue weighted by Gasteiger charge is -2.25. The van der Waals surface area contributed by atoms with Crippen LogP contribution in [-0.4, -0.2) is 38.8 Å². The minimum atomic E-state index is -3.56. The fraction of sp³-hybridized carbons (Fsp3) is 0.545. The Bertz CT molecular complexity index is 579. The van der Waals surface area contributed by atoms with Gasteiger partial charge in [0, 0.05) is 12.6 Å². The van der Waals surface area contributed by atoms with Gasteiger partial charge in [0.15, 0.2) is 0 Å². The van der Waals surface area contributed by atoms with E-state index in [-0.39, 0.29) is 17.3 Å². The molecule has 3 rings (SSSR count). The van der Waals surface area contributed by atoms with E-state index in [2.05, 4.69) is 9.71 Å². The number of hydrogen-bond donors (Lipinski definition) is 1. The fourth-order valence-corrected chi connectivity index (χ4v) is 3.43. The summed E-state index contributed by atoms with van der Waals surface area (Å²) in [6.45, 7) is 2.96. The van der Waals surface area contributed by atoms with Crippen LogP contribution in [0.3, 0.4) is 0 Å².